The SMILES string of the molecule is Cc1cncc(CN(C)CC(N)=S)c1. The van der Waals surface area contributed by atoms with Crippen molar-refractivity contribution in [3.05, 3.63) is 29.6 Å². The van der Waals surface area contributed by atoms with Gasteiger partial charge in [0.15, 0.2) is 0 Å². The zero-order chi connectivity index (χ0) is 10.6. The van der Waals surface area contributed by atoms with E-state index in [-0.39, 0.29) is 0 Å². The summed E-state index contributed by atoms with van der Waals surface area (Å²) >= 11 is 4.83. The molecular weight excluding hydrogens is 194 g/mol. The van der Waals surface area contributed by atoms with Gasteiger partial charge in [0.2, 0.25) is 0 Å². The summed E-state index contributed by atoms with van der Waals surface area (Å²) in [5.41, 5.74) is 7.81. The van der Waals surface area contributed by atoms with Crippen molar-refractivity contribution >= 4 is 17.2 Å². The average Bonchev–Trinajstić information content (AvgIpc) is 2.01. The van der Waals surface area contributed by atoms with Crippen LogP contribution in [-0.4, -0.2) is 28.5 Å². The average molecular weight is 209 g/mol. The second-order valence-corrected chi connectivity index (χ2v) is 4.03. The smallest absolute Gasteiger partial charge is 0.0870 e. The molecule has 14 heavy (non-hydrogen) atoms. The highest BCUT2D eigenvalue weighted by Gasteiger charge is 2.01. The van der Waals surface area contributed by atoms with Gasteiger partial charge in [0.1, 0.15) is 0 Å². The van der Waals surface area contributed by atoms with Gasteiger partial charge < -0.3 is 5.73 Å². The lowest BCUT2D eigenvalue weighted by Gasteiger charge is -2.15. The number of nitrogens with two attached hydrogens (primary N) is 1. The molecule has 2 N–H and O–H groups in total. The molecule has 0 aliphatic heterocycles. The van der Waals surface area contributed by atoms with Crippen LogP contribution in [0.3, 0.4) is 0 Å². The zero-order valence-electron chi connectivity index (χ0n) is 8.53. The van der Waals surface area contributed by atoms with Gasteiger partial charge in [-0.3, -0.25) is 9.88 Å². The summed E-state index contributed by atoms with van der Waals surface area (Å²) in [5, 5.41) is 0. The predicted octanol–water partition coefficient (Wildman–Crippen LogP) is 1.11. The fourth-order valence-electron chi connectivity index (χ4n) is 1.34. The van der Waals surface area contributed by atoms with Crippen LogP contribution in [0, 0.1) is 6.92 Å². The van der Waals surface area contributed by atoms with E-state index in [1.807, 2.05) is 26.4 Å². The normalized spacial score (nSPS) is 10.5. The van der Waals surface area contributed by atoms with Crippen molar-refractivity contribution in [1.29, 1.82) is 0 Å². The molecule has 0 aromatic carbocycles. The second kappa shape index (κ2) is 5.02. The summed E-state index contributed by atoms with van der Waals surface area (Å²) in [5.74, 6) is 0. The van der Waals surface area contributed by atoms with E-state index < -0.39 is 0 Å². The largest absolute Gasteiger partial charge is 0.392 e. The quantitative estimate of drug-likeness (QED) is 0.754. The van der Waals surface area contributed by atoms with E-state index >= 15 is 0 Å². The first-order chi connectivity index (χ1) is 6.58. The predicted molar refractivity (Wildman–Crippen MR) is 62.1 cm³/mol. The number of nitrogens with zero attached hydrogens (tertiary/aromatic N) is 2. The van der Waals surface area contributed by atoms with E-state index in [4.69, 9.17) is 18.0 Å². The number of aryl methyl sites for hydroxylation is 1. The Morgan fingerprint density at radius 2 is 2.29 bits per heavy atom. The van der Waals surface area contributed by atoms with E-state index in [0.717, 1.165) is 6.54 Å². The van der Waals surface area contributed by atoms with Crippen molar-refractivity contribution in [3.63, 3.8) is 0 Å². The molecule has 1 aromatic rings. The number of rotatable bonds is 4. The van der Waals surface area contributed by atoms with Crippen LogP contribution in [0.5, 0.6) is 0 Å². The lowest BCUT2D eigenvalue weighted by molar-refractivity contribution is 0.374. The van der Waals surface area contributed by atoms with Gasteiger partial charge in [-0.15, -0.1) is 0 Å². The zero-order valence-corrected chi connectivity index (χ0v) is 9.34. The Labute approximate surface area is 89.9 Å². The molecule has 0 aliphatic carbocycles. The second-order valence-electron chi connectivity index (χ2n) is 3.51. The first kappa shape index (κ1) is 11.1. The van der Waals surface area contributed by atoms with Crippen LogP contribution >= 0.6 is 12.2 Å². The van der Waals surface area contributed by atoms with Crippen molar-refractivity contribution < 1.29 is 0 Å². The van der Waals surface area contributed by atoms with E-state index in [1.54, 1.807) is 0 Å². The summed E-state index contributed by atoms with van der Waals surface area (Å²) < 4.78 is 0. The van der Waals surface area contributed by atoms with E-state index in [0.29, 0.717) is 11.5 Å². The minimum atomic E-state index is 0.521. The molecular formula is C10H15N3S. The van der Waals surface area contributed by atoms with Crippen LogP contribution in [0.25, 0.3) is 0 Å². The molecule has 0 saturated carbocycles. The molecule has 0 atom stereocenters. The topological polar surface area (TPSA) is 42.2 Å². The fourth-order valence-corrected chi connectivity index (χ4v) is 1.56. The van der Waals surface area contributed by atoms with Crippen LogP contribution in [0.4, 0.5) is 0 Å². The maximum atomic E-state index is 5.45. The number of likely N-dealkylation sites (N-methyl/N-ethyl adjacent to an activating group) is 1. The fraction of sp³-hybridized carbons (Fsp3) is 0.400. The van der Waals surface area contributed by atoms with Gasteiger partial charge in [0.05, 0.1) is 4.99 Å². The molecule has 0 bridgehead atoms. The van der Waals surface area contributed by atoms with Gasteiger partial charge in [-0.2, -0.15) is 0 Å². The van der Waals surface area contributed by atoms with Crippen molar-refractivity contribution in [3.8, 4) is 0 Å². The third-order valence-corrected chi connectivity index (χ3v) is 1.94. The van der Waals surface area contributed by atoms with E-state index in [1.165, 1.54) is 11.1 Å². The molecule has 0 fully saturated rings. The van der Waals surface area contributed by atoms with E-state index in [2.05, 4.69) is 16.0 Å². The number of hydrogen-bond acceptors (Lipinski definition) is 3. The Kier molecular flexibility index (Phi) is 3.98. The molecule has 0 unspecified atom stereocenters. The number of hydrogen-bond donors (Lipinski definition) is 1. The number of pyridine rings is 1. The van der Waals surface area contributed by atoms with Gasteiger partial charge >= 0.3 is 0 Å². The summed E-state index contributed by atoms with van der Waals surface area (Å²) in [6.45, 7) is 3.50. The van der Waals surface area contributed by atoms with Gasteiger partial charge in [0, 0.05) is 25.5 Å². The molecule has 0 amide bonds. The molecule has 0 radical (unpaired) electrons. The van der Waals surface area contributed by atoms with Gasteiger partial charge in [-0.05, 0) is 25.1 Å². The lowest BCUT2D eigenvalue weighted by atomic mass is 10.2. The lowest BCUT2D eigenvalue weighted by Crippen LogP contribution is -2.28. The van der Waals surface area contributed by atoms with Crippen molar-refractivity contribution in [1.82, 2.24) is 9.88 Å². The van der Waals surface area contributed by atoms with Crippen molar-refractivity contribution in [2.45, 2.75) is 13.5 Å². The highest BCUT2D eigenvalue weighted by molar-refractivity contribution is 7.80. The van der Waals surface area contributed by atoms with Gasteiger partial charge in [-0.25, -0.2) is 0 Å². The summed E-state index contributed by atoms with van der Waals surface area (Å²) in [4.78, 5) is 6.72. The third kappa shape index (κ3) is 3.81. The maximum Gasteiger partial charge on any atom is 0.0870 e. The Balaban J connectivity index is 2.55. The van der Waals surface area contributed by atoms with Gasteiger partial charge in [-0.1, -0.05) is 18.3 Å². The van der Waals surface area contributed by atoms with Gasteiger partial charge in [0.25, 0.3) is 0 Å². The molecule has 1 rings (SSSR count). The maximum absolute atomic E-state index is 5.45. The third-order valence-electron chi connectivity index (χ3n) is 1.81. The van der Waals surface area contributed by atoms with Crippen LogP contribution in [0.1, 0.15) is 11.1 Å². The molecule has 0 aliphatic rings. The molecule has 1 aromatic heterocycles. The molecule has 76 valence electrons. The molecule has 3 nitrogen and oxygen atoms in total. The monoisotopic (exact) mass is 209 g/mol. The Bertz CT molecular complexity index is 325. The molecule has 1 heterocycles. The summed E-state index contributed by atoms with van der Waals surface area (Å²) in [7, 11) is 1.99. The van der Waals surface area contributed by atoms with E-state index in [9.17, 15) is 0 Å². The highest BCUT2D eigenvalue weighted by atomic mass is 32.1. The van der Waals surface area contributed by atoms with Crippen molar-refractivity contribution in [2.24, 2.45) is 5.73 Å². The van der Waals surface area contributed by atoms with Crippen LogP contribution in [0.2, 0.25) is 0 Å². The molecule has 0 saturated heterocycles. The number of aromatic nitrogens is 1. The van der Waals surface area contributed by atoms with Crippen LogP contribution in [-0.2, 0) is 6.54 Å². The first-order valence-electron chi connectivity index (χ1n) is 4.45. The Morgan fingerprint density at radius 3 is 2.86 bits per heavy atom. The molecule has 0 spiro atoms. The Morgan fingerprint density at radius 1 is 1.57 bits per heavy atom. The van der Waals surface area contributed by atoms with Crippen LogP contribution in [0.15, 0.2) is 18.5 Å². The molecule has 4 heteroatoms. The van der Waals surface area contributed by atoms with Crippen LogP contribution < -0.4 is 5.73 Å². The minimum absolute atomic E-state index is 0.521. The summed E-state index contributed by atoms with van der Waals surface area (Å²) in [6.07, 6.45) is 3.71. The first-order valence-corrected chi connectivity index (χ1v) is 4.86. The minimum Gasteiger partial charge on any atom is -0.392 e. The standard InChI is InChI=1S/C10H15N3S/c1-8-3-9(5-12-4-8)6-13(2)7-10(11)14/h3-5H,6-7H2,1-2H3,(H2,11,14). The Hall–Kier alpha value is -1.00. The summed E-state index contributed by atoms with van der Waals surface area (Å²) in [6, 6.07) is 2.11. The number of thiocarbonyl (C=S) groups is 1. The van der Waals surface area contributed by atoms with Crippen molar-refractivity contribution in [2.75, 3.05) is 13.6 Å². The highest BCUT2D eigenvalue weighted by Crippen LogP contribution is 2.03.